The molecule has 5 rings (SSSR count). The highest BCUT2D eigenvalue weighted by molar-refractivity contribution is 5.52. The highest BCUT2D eigenvalue weighted by Gasteiger charge is 2.31. The van der Waals surface area contributed by atoms with Crippen LogP contribution in [0.2, 0.25) is 0 Å². The molecule has 208 valence electrons. The summed E-state index contributed by atoms with van der Waals surface area (Å²) >= 11 is 0. The first-order chi connectivity index (χ1) is 19.2. The zero-order valence-electron chi connectivity index (χ0n) is 21.8. The third kappa shape index (κ3) is 5.88. The van der Waals surface area contributed by atoms with Gasteiger partial charge in [0.25, 0.3) is 5.56 Å². The zero-order valence-corrected chi connectivity index (χ0v) is 21.8. The van der Waals surface area contributed by atoms with Gasteiger partial charge in [0.2, 0.25) is 0 Å². The average Bonchev–Trinajstić information content (AvgIpc) is 2.97. The standard InChI is InChI=1S/C29H28F3N5O3/c1-40-25-10-8-21(9-11-25)19-36-26(18-27(38)37(28(36)39)20-23-6-2-3-12-33-23)35-15-13-34(14-16-35)24-7-4-5-22(17-24)29(30,31)32/h2-12,17-18H,13-16,19-20H2,1H3. The molecule has 4 aromatic rings. The molecular formula is C29H28F3N5O3. The summed E-state index contributed by atoms with van der Waals surface area (Å²) in [6.45, 7) is 1.94. The Morgan fingerprint density at radius 1 is 0.825 bits per heavy atom. The van der Waals surface area contributed by atoms with Gasteiger partial charge in [-0.15, -0.1) is 0 Å². The van der Waals surface area contributed by atoms with Gasteiger partial charge in [0.15, 0.2) is 0 Å². The molecule has 2 aromatic carbocycles. The fourth-order valence-electron chi connectivity index (χ4n) is 4.80. The number of ether oxygens (including phenoxy) is 1. The number of rotatable bonds is 7. The van der Waals surface area contributed by atoms with Gasteiger partial charge in [-0.3, -0.25) is 18.9 Å². The maximum absolute atomic E-state index is 13.7. The van der Waals surface area contributed by atoms with Crippen LogP contribution in [0.4, 0.5) is 24.7 Å². The Hall–Kier alpha value is -4.54. The molecule has 0 unspecified atom stereocenters. The number of hydrogen-bond donors (Lipinski definition) is 0. The van der Waals surface area contributed by atoms with Crippen LogP contribution < -0.4 is 25.8 Å². The summed E-state index contributed by atoms with van der Waals surface area (Å²) in [7, 11) is 1.57. The molecule has 0 N–H and O–H groups in total. The summed E-state index contributed by atoms with van der Waals surface area (Å²) in [5.41, 5.74) is 0.296. The van der Waals surface area contributed by atoms with E-state index in [9.17, 15) is 22.8 Å². The maximum Gasteiger partial charge on any atom is 0.416 e. The molecule has 40 heavy (non-hydrogen) atoms. The van der Waals surface area contributed by atoms with E-state index in [0.717, 1.165) is 22.3 Å². The number of halogens is 3. The third-order valence-electron chi connectivity index (χ3n) is 6.95. The second-order valence-electron chi connectivity index (χ2n) is 9.49. The molecule has 0 amide bonds. The molecule has 0 spiro atoms. The van der Waals surface area contributed by atoms with Crippen molar-refractivity contribution < 1.29 is 17.9 Å². The zero-order chi connectivity index (χ0) is 28.3. The Bertz CT molecular complexity index is 1580. The second kappa shape index (κ2) is 11.3. The summed E-state index contributed by atoms with van der Waals surface area (Å²) in [5, 5.41) is 0. The van der Waals surface area contributed by atoms with Crippen molar-refractivity contribution in [2.24, 2.45) is 0 Å². The minimum absolute atomic E-state index is 0.0325. The van der Waals surface area contributed by atoms with Crippen molar-refractivity contribution in [1.29, 1.82) is 0 Å². The monoisotopic (exact) mass is 551 g/mol. The molecule has 1 saturated heterocycles. The predicted molar refractivity (Wildman–Crippen MR) is 146 cm³/mol. The van der Waals surface area contributed by atoms with Gasteiger partial charge in [-0.05, 0) is 48.0 Å². The lowest BCUT2D eigenvalue weighted by molar-refractivity contribution is -0.137. The van der Waals surface area contributed by atoms with Crippen LogP contribution in [0.5, 0.6) is 5.75 Å². The second-order valence-corrected chi connectivity index (χ2v) is 9.49. The fourth-order valence-corrected chi connectivity index (χ4v) is 4.80. The van der Waals surface area contributed by atoms with Crippen LogP contribution in [0.1, 0.15) is 16.8 Å². The van der Waals surface area contributed by atoms with Gasteiger partial charge in [0.1, 0.15) is 11.6 Å². The Morgan fingerprint density at radius 2 is 1.55 bits per heavy atom. The number of benzene rings is 2. The summed E-state index contributed by atoms with van der Waals surface area (Å²) in [4.78, 5) is 35.0. The smallest absolute Gasteiger partial charge is 0.416 e. The molecule has 0 radical (unpaired) electrons. The van der Waals surface area contributed by atoms with Gasteiger partial charge >= 0.3 is 11.9 Å². The third-order valence-corrected chi connectivity index (χ3v) is 6.95. The molecule has 0 aliphatic carbocycles. The molecule has 8 nitrogen and oxygen atoms in total. The molecule has 1 aliphatic rings. The van der Waals surface area contributed by atoms with E-state index in [2.05, 4.69) is 4.98 Å². The predicted octanol–water partition coefficient (Wildman–Crippen LogP) is 3.86. The molecule has 0 atom stereocenters. The van der Waals surface area contributed by atoms with Crippen molar-refractivity contribution in [2.75, 3.05) is 43.1 Å². The molecule has 0 bridgehead atoms. The van der Waals surface area contributed by atoms with E-state index in [4.69, 9.17) is 4.74 Å². The lowest BCUT2D eigenvalue weighted by Crippen LogP contribution is -2.50. The van der Waals surface area contributed by atoms with E-state index in [-0.39, 0.29) is 13.1 Å². The van der Waals surface area contributed by atoms with Gasteiger partial charge < -0.3 is 14.5 Å². The lowest BCUT2D eigenvalue weighted by Gasteiger charge is -2.38. The minimum Gasteiger partial charge on any atom is -0.497 e. The fraction of sp³-hybridized carbons (Fsp3) is 0.276. The lowest BCUT2D eigenvalue weighted by atomic mass is 10.1. The number of alkyl halides is 3. The van der Waals surface area contributed by atoms with Crippen LogP contribution in [0.3, 0.4) is 0 Å². The van der Waals surface area contributed by atoms with Crippen LogP contribution in [0.15, 0.2) is 88.6 Å². The van der Waals surface area contributed by atoms with Crippen molar-refractivity contribution in [1.82, 2.24) is 14.1 Å². The molecule has 1 fully saturated rings. The van der Waals surface area contributed by atoms with E-state index >= 15 is 0 Å². The Kier molecular flexibility index (Phi) is 7.63. The summed E-state index contributed by atoms with van der Waals surface area (Å²) in [6.07, 6.45) is -2.82. The van der Waals surface area contributed by atoms with Crippen LogP contribution in [0.25, 0.3) is 0 Å². The largest absolute Gasteiger partial charge is 0.497 e. The Morgan fingerprint density at radius 3 is 2.20 bits per heavy atom. The highest BCUT2D eigenvalue weighted by Crippen LogP contribution is 2.32. The van der Waals surface area contributed by atoms with E-state index < -0.39 is 23.0 Å². The van der Waals surface area contributed by atoms with Crippen molar-refractivity contribution in [3.05, 3.63) is 117 Å². The van der Waals surface area contributed by atoms with Crippen LogP contribution in [-0.2, 0) is 19.3 Å². The topological polar surface area (TPSA) is 72.6 Å². The van der Waals surface area contributed by atoms with Crippen molar-refractivity contribution >= 4 is 11.5 Å². The SMILES string of the molecule is COc1ccc(Cn2c(N3CCN(c4cccc(C(F)(F)F)c4)CC3)cc(=O)n(Cc3ccccn3)c2=O)cc1. The summed E-state index contributed by atoms with van der Waals surface area (Å²) in [5.74, 6) is 1.15. The maximum atomic E-state index is 13.7. The summed E-state index contributed by atoms with van der Waals surface area (Å²) in [6, 6.07) is 19.3. The van der Waals surface area contributed by atoms with Crippen LogP contribution in [-0.4, -0.2) is 47.4 Å². The van der Waals surface area contributed by atoms with E-state index in [1.807, 2.05) is 21.9 Å². The van der Waals surface area contributed by atoms with E-state index in [1.54, 1.807) is 54.3 Å². The van der Waals surface area contributed by atoms with Crippen molar-refractivity contribution in [2.45, 2.75) is 19.3 Å². The van der Waals surface area contributed by atoms with Gasteiger partial charge in [-0.25, -0.2) is 4.79 Å². The van der Waals surface area contributed by atoms with Crippen LogP contribution in [0, 0.1) is 0 Å². The van der Waals surface area contributed by atoms with Crippen molar-refractivity contribution in [3.63, 3.8) is 0 Å². The number of aromatic nitrogens is 3. The van der Waals surface area contributed by atoms with Gasteiger partial charge in [-0.1, -0.05) is 24.3 Å². The molecule has 0 saturated carbocycles. The Balaban J connectivity index is 1.45. The van der Waals surface area contributed by atoms with Crippen LogP contribution >= 0.6 is 0 Å². The number of anilines is 2. The number of nitrogens with zero attached hydrogens (tertiary/aromatic N) is 5. The minimum atomic E-state index is -4.42. The molecule has 11 heteroatoms. The molecule has 2 aromatic heterocycles. The highest BCUT2D eigenvalue weighted by atomic mass is 19.4. The number of pyridine rings is 1. The average molecular weight is 552 g/mol. The Labute approximate surface area is 228 Å². The summed E-state index contributed by atoms with van der Waals surface area (Å²) < 4.78 is 47.6. The molecular weight excluding hydrogens is 523 g/mol. The normalized spacial score (nSPS) is 13.9. The quantitative estimate of drug-likeness (QED) is 0.348. The number of methoxy groups -OCH3 is 1. The van der Waals surface area contributed by atoms with E-state index in [1.165, 1.54) is 12.1 Å². The van der Waals surface area contributed by atoms with E-state index in [0.29, 0.717) is 49.1 Å². The first-order valence-corrected chi connectivity index (χ1v) is 12.8. The first kappa shape index (κ1) is 27.0. The number of hydrogen-bond acceptors (Lipinski definition) is 6. The van der Waals surface area contributed by atoms with Gasteiger partial charge in [0, 0.05) is 44.1 Å². The molecule has 1 aliphatic heterocycles. The van der Waals surface area contributed by atoms with Gasteiger partial charge in [-0.2, -0.15) is 13.2 Å². The first-order valence-electron chi connectivity index (χ1n) is 12.8. The van der Waals surface area contributed by atoms with Crippen molar-refractivity contribution in [3.8, 4) is 5.75 Å². The number of piperazine rings is 1. The molecule has 3 heterocycles. The van der Waals surface area contributed by atoms with Gasteiger partial charge in [0.05, 0.1) is 31.5 Å².